The molecule has 0 spiro atoms. The van der Waals surface area contributed by atoms with Gasteiger partial charge in [0.05, 0.1) is 12.1 Å². The molecule has 0 aliphatic rings. The molecule has 0 aromatic heterocycles. The third-order valence-electron chi connectivity index (χ3n) is 3.29. The Labute approximate surface area is 159 Å². The summed E-state index contributed by atoms with van der Waals surface area (Å²) >= 11 is 6.12. The van der Waals surface area contributed by atoms with Crippen LogP contribution in [0.25, 0.3) is 11.1 Å². The van der Waals surface area contributed by atoms with E-state index in [-0.39, 0.29) is 5.75 Å². The predicted molar refractivity (Wildman–Crippen MR) is 112 cm³/mol. The van der Waals surface area contributed by atoms with Crippen LogP contribution in [0, 0.1) is 12.7 Å². The van der Waals surface area contributed by atoms with Crippen LogP contribution in [0.4, 0.5) is 4.39 Å². The summed E-state index contributed by atoms with van der Waals surface area (Å²) in [5.41, 5.74) is 3.56. The van der Waals surface area contributed by atoms with E-state index in [1.165, 1.54) is 18.7 Å². The Morgan fingerprint density at radius 2 is 1.52 bits per heavy atom. The normalized spacial score (nSPS) is 8.76. The van der Waals surface area contributed by atoms with Gasteiger partial charge >= 0.3 is 0 Å². The Balaban J connectivity index is 0. The van der Waals surface area contributed by atoms with Gasteiger partial charge in [-0.25, -0.2) is 4.39 Å². The van der Waals surface area contributed by atoms with Crippen LogP contribution in [0.3, 0.4) is 0 Å². The summed E-state index contributed by atoms with van der Waals surface area (Å²) in [4.78, 5) is 0. The fourth-order valence-electron chi connectivity index (χ4n) is 2.20. The Morgan fingerprint density at radius 3 is 1.96 bits per heavy atom. The van der Waals surface area contributed by atoms with Gasteiger partial charge in [-0.3, -0.25) is 0 Å². The van der Waals surface area contributed by atoms with Crippen LogP contribution in [0.5, 0.6) is 5.75 Å². The minimum atomic E-state index is -0.418. The lowest BCUT2D eigenvalue weighted by atomic mass is 9.98. The second-order valence-electron chi connectivity index (χ2n) is 4.43. The van der Waals surface area contributed by atoms with Crippen LogP contribution >= 0.6 is 11.6 Å². The third-order valence-corrected chi connectivity index (χ3v) is 3.60. The zero-order valence-corrected chi connectivity index (χ0v) is 18.0. The number of ether oxygens (including phenoxy) is 1. The minimum Gasteiger partial charge on any atom is -0.494 e. The van der Waals surface area contributed by atoms with E-state index in [4.69, 9.17) is 16.3 Å². The molecular formula is C22H34ClFO. The molecule has 0 saturated heterocycles. The molecule has 0 aliphatic carbocycles. The van der Waals surface area contributed by atoms with Crippen molar-refractivity contribution in [2.45, 2.75) is 61.8 Å². The molecule has 142 valence electrons. The van der Waals surface area contributed by atoms with Gasteiger partial charge in [-0.1, -0.05) is 78.3 Å². The maximum absolute atomic E-state index is 14.3. The fraction of sp³-hybridized carbons (Fsp3) is 0.455. The van der Waals surface area contributed by atoms with Gasteiger partial charge in [0.1, 0.15) is 0 Å². The van der Waals surface area contributed by atoms with E-state index in [1.807, 2.05) is 66.7 Å². The van der Waals surface area contributed by atoms with Crippen LogP contribution in [0.15, 0.2) is 30.3 Å². The third kappa shape index (κ3) is 7.07. The zero-order chi connectivity index (χ0) is 20.0. The fourth-order valence-corrected chi connectivity index (χ4v) is 2.46. The first kappa shape index (κ1) is 25.7. The van der Waals surface area contributed by atoms with Crippen molar-refractivity contribution >= 4 is 11.6 Å². The van der Waals surface area contributed by atoms with Gasteiger partial charge < -0.3 is 4.74 Å². The quantitative estimate of drug-likeness (QED) is 0.531. The lowest BCUT2D eigenvalue weighted by molar-refractivity contribution is 0.387. The number of halogens is 2. The average Bonchev–Trinajstić information content (AvgIpc) is 2.67. The minimum absolute atomic E-state index is 0.205. The highest BCUT2D eigenvalue weighted by Gasteiger charge is 2.15. The standard InChI is InChI=1S/C16H16ClFO.3C2H6/c1-4-11-5-6-12(9-10(11)2)15-13(17)7-8-14(19-3)16(15)18;3*1-2/h5-9H,4H2,1-3H3;3*1-2H3. The Bertz CT molecular complexity index is 609. The molecule has 25 heavy (non-hydrogen) atoms. The summed E-state index contributed by atoms with van der Waals surface area (Å²) in [6, 6.07) is 9.06. The van der Waals surface area contributed by atoms with Gasteiger partial charge in [-0.2, -0.15) is 0 Å². The maximum atomic E-state index is 14.3. The summed E-state index contributed by atoms with van der Waals surface area (Å²) in [6.45, 7) is 16.1. The van der Waals surface area contributed by atoms with Gasteiger partial charge in [0.15, 0.2) is 11.6 Å². The molecule has 0 atom stereocenters. The van der Waals surface area contributed by atoms with Crippen LogP contribution in [-0.2, 0) is 6.42 Å². The molecule has 0 fully saturated rings. The molecule has 0 aliphatic heterocycles. The Hall–Kier alpha value is -1.54. The Kier molecular flexibility index (Phi) is 15.2. The number of methoxy groups -OCH3 is 1. The second kappa shape index (κ2) is 14.8. The monoisotopic (exact) mass is 368 g/mol. The molecule has 0 radical (unpaired) electrons. The van der Waals surface area contributed by atoms with E-state index in [1.54, 1.807) is 6.07 Å². The first-order valence-corrected chi connectivity index (χ1v) is 9.58. The molecule has 0 bridgehead atoms. The highest BCUT2D eigenvalue weighted by atomic mass is 35.5. The van der Waals surface area contributed by atoms with E-state index in [0.717, 1.165) is 17.5 Å². The molecular weight excluding hydrogens is 335 g/mol. The molecule has 0 heterocycles. The molecule has 0 unspecified atom stereocenters. The first-order valence-electron chi connectivity index (χ1n) is 9.20. The number of benzene rings is 2. The number of rotatable bonds is 3. The van der Waals surface area contributed by atoms with Crippen molar-refractivity contribution in [2.24, 2.45) is 0 Å². The van der Waals surface area contributed by atoms with Crippen molar-refractivity contribution in [3.63, 3.8) is 0 Å². The van der Waals surface area contributed by atoms with Crippen molar-refractivity contribution in [3.05, 3.63) is 52.3 Å². The van der Waals surface area contributed by atoms with Crippen LogP contribution in [0.1, 0.15) is 59.6 Å². The molecule has 0 N–H and O–H groups in total. The molecule has 2 aromatic carbocycles. The highest BCUT2D eigenvalue weighted by molar-refractivity contribution is 6.33. The van der Waals surface area contributed by atoms with E-state index < -0.39 is 5.82 Å². The van der Waals surface area contributed by atoms with Crippen LogP contribution in [0.2, 0.25) is 5.02 Å². The van der Waals surface area contributed by atoms with Gasteiger partial charge in [0.2, 0.25) is 0 Å². The SMILES string of the molecule is CC.CC.CC.CCc1ccc(-c2c(Cl)ccc(OC)c2F)cc1C. The molecule has 0 saturated carbocycles. The average molecular weight is 369 g/mol. The van der Waals surface area contributed by atoms with Crippen molar-refractivity contribution in [2.75, 3.05) is 7.11 Å². The summed E-state index contributed by atoms with van der Waals surface area (Å²) in [7, 11) is 1.45. The summed E-state index contributed by atoms with van der Waals surface area (Å²) < 4.78 is 19.3. The number of hydrogen-bond donors (Lipinski definition) is 0. The molecule has 2 aromatic rings. The smallest absolute Gasteiger partial charge is 0.174 e. The second-order valence-corrected chi connectivity index (χ2v) is 4.84. The lowest BCUT2D eigenvalue weighted by Gasteiger charge is -2.12. The van der Waals surface area contributed by atoms with Crippen LogP contribution in [-0.4, -0.2) is 7.11 Å². The molecule has 1 nitrogen and oxygen atoms in total. The van der Waals surface area contributed by atoms with Gasteiger partial charge in [-0.15, -0.1) is 0 Å². The van der Waals surface area contributed by atoms with Crippen molar-refractivity contribution in [1.82, 2.24) is 0 Å². The largest absolute Gasteiger partial charge is 0.494 e. The van der Waals surface area contributed by atoms with E-state index in [2.05, 4.69) is 6.92 Å². The lowest BCUT2D eigenvalue weighted by Crippen LogP contribution is -1.94. The van der Waals surface area contributed by atoms with Crippen LogP contribution < -0.4 is 4.74 Å². The first-order chi connectivity index (χ1) is 12.1. The summed E-state index contributed by atoms with van der Waals surface area (Å²) in [5.74, 6) is -0.213. The molecule has 0 amide bonds. The topological polar surface area (TPSA) is 9.23 Å². The van der Waals surface area contributed by atoms with E-state index >= 15 is 0 Å². The van der Waals surface area contributed by atoms with Crippen molar-refractivity contribution in [3.8, 4) is 16.9 Å². The molecule has 2 rings (SSSR count). The van der Waals surface area contributed by atoms with Gasteiger partial charge in [0, 0.05) is 5.56 Å². The number of aryl methyl sites for hydroxylation is 2. The summed E-state index contributed by atoms with van der Waals surface area (Å²) in [6.07, 6.45) is 0.959. The van der Waals surface area contributed by atoms with Crippen molar-refractivity contribution < 1.29 is 9.13 Å². The van der Waals surface area contributed by atoms with Gasteiger partial charge in [-0.05, 0) is 42.2 Å². The van der Waals surface area contributed by atoms with Crippen molar-refractivity contribution in [1.29, 1.82) is 0 Å². The maximum Gasteiger partial charge on any atom is 0.174 e. The highest BCUT2D eigenvalue weighted by Crippen LogP contribution is 2.36. The van der Waals surface area contributed by atoms with E-state index in [0.29, 0.717) is 10.6 Å². The number of hydrogen-bond acceptors (Lipinski definition) is 1. The summed E-state index contributed by atoms with van der Waals surface area (Å²) in [5, 5.41) is 0.391. The molecule has 3 heteroatoms. The Morgan fingerprint density at radius 1 is 0.960 bits per heavy atom. The predicted octanol–water partition coefficient (Wildman–Crippen LogP) is 8.10. The zero-order valence-electron chi connectivity index (χ0n) is 17.3. The van der Waals surface area contributed by atoms with Gasteiger partial charge in [0.25, 0.3) is 0 Å². The van der Waals surface area contributed by atoms with E-state index in [9.17, 15) is 4.39 Å².